The Morgan fingerprint density at radius 2 is 1.90 bits per heavy atom. The van der Waals surface area contributed by atoms with Crippen LogP contribution in [0.2, 0.25) is 0 Å². The highest BCUT2D eigenvalue weighted by Crippen LogP contribution is 2.17. The van der Waals surface area contributed by atoms with Crippen LogP contribution in [0.5, 0.6) is 0 Å². The lowest BCUT2D eigenvalue weighted by molar-refractivity contribution is 0.202. The van der Waals surface area contributed by atoms with Crippen LogP contribution in [-0.4, -0.2) is 42.3 Å². The standard InChI is InChI=1S/C16H30N4O/c1-6-15(7-2)20(8-9-21-5)16-12-18-14(11-19-16)10-17-13(3)4/h11-13,15,17H,6-10H2,1-5H3. The van der Waals surface area contributed by atoms with Crippen LogP contribution < -0.4 is 10.2 Å². The van der Waals surface area contributed by atoms with Crippen LogP contribution >= 0.6 is 0 Å². The molecule has 0 aliphatic carbocycles. The van der Waals surface area contributed by atoms with Crippen molar-refractivity contribution in [3.8, 4) is 0 Å². The van der Waals surface area contributed by atoms with Crippen molar-refractivity contribution in [1.82, 2.24) is 15.3 Å². The van der Waals surface area contributed by atoms with Crippen LogP contribution in [0.15, 0.2) is 12.4 Å². The van der Waals surface area contributed by atoms with Crippen molar-refractivity contribution in [2.24, 2.45) is 0 Å². The average Bonchev–Trinajstić information content (AvgIpc) is 2.50. The fourth-order valence-electron chi connectivity index (χ4n) is 2.30. The highest BCUT2D eigenvalue weighted by Gasteiger charge is 2.17. The first kappa shape index (κ1) is 17.9. The van der Waals surface area contributed by atoms with Crippen LogP contribution in [0.25, 0.3) is 0 Å². The normalized spacial score (nSPS) is 11.4. The first-order valence-corrected chi connectivity index (χ1v) is 7.92. The van der Waals surface area contributed by atoms with Crippen LogP contribution in [0.1, 0.15) is 46.2 Å². The molecule has 0 saturated heterocycles. The van der Waals surface area contributed by atoms with Gasteiger partial charge in [0.1, 0.15) is 5.82 Å². The van der Waals surface area contributed by atoms with E-state index in [0.29, 0.717) is 18.7 Å². The third-order valence-corrected chi connectivity index (χ3v) is 3.60. The minimum atomic E-state index is 0.453. The van der Waals surface area contributed by atoms with Crippen LogP contribution in [0, 0.1) is 0 Å². The molecule has 1 aromatic rings. The van der Waals surface area contributed by atoms with Crippen molar-refractivity contribution in [1.29, 1.82) is 0 Å². The van der Waals surface area contributed by atoms with Gasteiger partial charge in [-0.1, -0.05) is 27.7 Å². The van der Waals surface area contributed by atoms with Gasteiger partial charge in [0, 0.05) is 32.3 Å². The Balaban J connectivity index is 2.77. The first-order chi connectivity index (χ1) is 10.1. The van der Waals surface area contributed by atoms with Crippen molar-refractivity contribution in [2.75, 3.05) is 25.2 Å². The number of anilines is 1. The number of aromatic nitrogens is 2. The number of rotatable bonds is 10. The Morgan fingerprint density at radius 1 is 1.19 bits per heavy atom. The molecule has 1 N–H and O–H groups in total. The van der Waals surface area contributed by atoms with Gasteiger partial charge < -0.3 is 15.0 Å². The summed E-state index contributed by atoms with van der Waals surface area (Å²) in [5, 5.41) is 3.35. The van der Waals surface area contributed by atoms with Gasteiger partial charge >= 0.3 is 0 Å². The molecular weight excluding hydrogens is 264 g/mol. The molecule has 0 saturated carbocycles. The molecule has 1 heterocycles. The smallest absolute Gasteiger partial charge is 0.147 e. The molecule has 1 aromatic heterocycles. The fourth-order valence-corrected chi connectivity index (χ4v) is 2.30. The van der Waals surface area contributed by atoms with E-state index in [2.05, 4.69) is 47.9 Å². The second-order valence-electron chi connectivity index (χ2n) is 5.56. The molecule has 120 valence electrons. The summed E-state index contributed by atoms with van der Waals surface area (Å²) in [5.74, 6) is 0.939. The summed E-state index contributed by atoms with van der Waals surface area (Å²) >= 11 is 0. The van der Waals surface area contributed by atoms with Crippen molar-refractivity contribution in [2.45, 2.75) is 59.2 Å². The van der Waals surface area contributed by atoms with Gasteiger partial charge in [0.05, 0.1) is 24.7 Å². The number of nitrogens with zero attached hydrogens (tertiary/aromatic N) is 3. The van der Waals surface area contributed by atoms with Crippen molar-refractivity contribution in [3.05, 3.63) is 18.1 Å². The molecule has 0 spiro atoms. The predicted molar refractivity (Wildman–Crippen MR) is 87.6 cm³/mol. The lowest BCUT2D eigenvalue weighted by Gasteiger charge is -2.31. The van der Waals surface area contributed by atoms with Crippen LogP contribution in [-0.2, 0) is 11.3 Å². The summed E-state index contributed by atoms with van der Waals surface area (Å²) in [6.07, 6.45) is 5.94. The zero-order chi connectivity index (χ0) is 15.7. The summed E-state index contributed by atoms with van der Waals surface area (Å²) in [6, 6.07) is 0.934. The maximum Gasteiger partial charge on any atom is 0.147 e. The molecule has 5 heteroatoms. The fraction of sp³-hybridized carbons (Fsp3) is 0.750. The molecule has 0 aromatic carbocycles. The minimum absolute atomic E-state index is 0.453. The Morgan fingerprint density at radius 3 is 2.38 bits per heavy atom. The summed E-state index contributed by atoms with van der Waals surface area (Å²) in [7, 11) is 1.73. The summed E-state index contributed by atoms with van der Waals surface area (Å²) in [4.78, 5) is 11.4. The highest BCUT2D eigenvalue weighted by molar-refractivity contribution is 5.37. The quantitative estimate of drug-likeness (QED) is 0.719. The van der Waals surface area contributed by atoms with Gasteiger partial charge in [-0.05, 0) is 12.8 Å². The Bertz CT molecular complexity index is 376. The topological polar surface area (TPSA) is 50.3 Å². The third-order valence-electron chi connectivity index (χ3n) is 3.60. The van der Waals surface area contributed by atoms with Crippen molar-refractivity contribution in [3.63, 3.8) is 0 Å². The van der Waals surface area contributed by atoms with E-state index in [4.69, 9.17) is 4.74 Å². The van der Waals surface area contributed by atoms with Gasteiger partial charge in [0.15, 0.2) is 0 Å². The summed E-state index contributed by atoms with van der Waals surface area (Å²) in [6.45, 7) is 11.0. The highest BCUT2D eigenvalue weighted by atomic mass is 16.5. The Kier molecular flexibility index (Phi) is 8.23. The molecule has 0 radical (unpaired) electrons. The predicted octanol–water partition coefficient (Wildman–Crippen LogP) is 2.62. The van der Waals surface area contributed by atoms with Gasteiger partial charge in [-0.25, -0.2) is 4.98 Å². The zero-order valence-corrected chi connectivity index (χ0v) is 14.1. The van der Waals surface area contributed by atoms with Crippen LogP contribution in [0.3, 0.4) is 0 Å². The second kappa shape index (κ2) is 9.68. The molecule has 0 amide bonds. The molecule has 5 nitrogen and oxygen atoms in total. The van der Waals surface area contributed by atoms with E-state index in [0.717, 1.165) is 37.4 Å². The molecule has 0 aliphatic rings. The van der Waals surface area contributed by atoms with E-state index in [1.807, 2.05) is 12.4 Å². The molecule has 0 aliphatic heterocycles. The third kappa shape index (κ3) is 5.98. The molecule has 0 atom stereocenters. The zero-order valence-electron chi connectivity index (χ0n) is 14.1. The lowest BCUT2D eigenvalue weighted by atomic mass is 10.1. The van der Waals surface area contributed by atoms with Gasteiger partial charge in [-0.2, -0.15) is 0 Å². The average molecular weight is 294 g/mol. The molecular formula is C16H30N4O. The van der Waals surface area contributed by atoms with E-state index in [9.17, 15) is 0 Å². The van der Waals surface area contributed by atoms with E-state index in [1.165, 1.54) is 0 Å². The Labute approximate surface area is 129 Å². The largest absolute Gasteiger partial charge is 0.383 e. The minimum Gasteiger partial charge on any atom is -0.383 e. The molecule has 21 heavy (non-hydrogen) atoms. The SMILES string of the molecule is CCC(CC)N(CCOC)c1cnc(CNC(C)C)cn1. The second-order valence-corrected chi connectivity index (χ2v) is 5.56. The Hall–Kier alpha value is -1.20. The van der Waals surface area contributed by atoms with Gasteiger partial charge in [0.25, 0.3) is 0 Å². The van der Waals surface area contributed by atoms with E-state index in [-0.39, 0.29) is 0 Å². The lowest BCUT2D eigenvalue weighted by Crippen LogP contribution is -2.37. The van der Waals surface area contributed by atoms with E-state index in [1.54, 1.807) is 7.11 Å². The van der Waals surface area contributed by atoms with Gasteiger partial charge in [0.2, 0.25) is 0 Å². The maximum absolute atomic E-state index is 5.22. The number of nitrogens with one attached hydrogen (secondary N) is 1. The molecule has 0 unspecified atom stereocenters. The van der Waals surface area contributed by atoms with Crippen LogP contribution in [0.4, 0.5) is 5.82 Å². The molecule has 0 fully saturated rings. The number of ether oxygens (including phenoxy) is 1. The number of hydrogen-bond donors (Lipinski definition) is 1. The van der Waals surface area contributed by atoms with Crippen molar-refractivity contribution >= 4 is 5.82 Å². The van der Waals surface area contributed by atoms with Gasteiger partial charge in [-0.3, -0.25) is 4.98 Å². The number of hydrogen-bond acceptors (Lipinski definition) is 5. The monoisotopic (exact) mass is 294 g/mol. The summed E-state index contributed by atoms with van der Waals surface area (Å²) < 4.78 is 5.22. The number of methoxy groups -OCH3 is 1. The molecule has 0 bridgehead atoms. The van der Waals surface area contributed by atoms with E-state index >= 15 is 0 Å². The first-order valence-electron chi connectivity index (χ1n) is 7.92. The molecule has 1 rings (SSSR count). The van der Waals surface area contributed by atoms with Gasteiger partial charge in [-0.15, -0.1) is 0 Å². The van der Waals surface area contributed by atoms with Crippen molar-refractivity contribution < 1.29 is 4.74 Å². The van der Waals surface area contributed by atoms with E-state index < -0.39 is 0 Å². The summed E-state index contributed by atoms with van der Waals surface area (Å²) in [5.41, 5.74) is 0.976. The maximum atomic E-state index is 5.22.